The zero-order valence-electron chi connectivity index (χ0n) is 8.06. The molecule has 1 aromatic heterocycles. The Morgan fingerprint density at radius 2 is 2.54 bits per heavy atom. The van der Waals surface area contributed by atoms with Gasteiger partial charge in [0.25, 0.3) is 0 Å². The zero-order chi connectivity index (χ0) is 9.47. The summed E-state index contributed by atoms with van der Waals surface area (Å²) in [5.41, 5.74) is 0.202. The van der Waals surface area contributed by atoms with Crippen LogP contribution in [0.4, 0.5) is 0 Å². The van der Waals surface area contributed by atoms with Crippen LogP contribution in [0.1, 0.15) is 32.4 Å². The minimum absolute atomic E-state index is 0.330. The Morgan fingerprint density at radius 3 is 3.00 bits per heavy atom. The van der Waals surface area contributed by atoms with Gasteiger partial charge in [0.1, 0.15) is 5.60 Å². The van der Waals surface area contributed by atoms with Crippen LogP contribution >= 0.6 is 0 Å². The highest BCUT2D eigenvalue weighted by molar-refractivity contribution is 5.14. The van der Waals surface area contributed by atoms with Gasteiger partial charge in [-0.25, -0.2) is 4.68 Å². The van der Waals surface area contributed by atoms with E-state index >= 15 is 0 Å². The van der Waals surface area contributed by atoms with Crippen molar-refractivity contribution in [2.75, 3.05) is 0 Å². The second-order valence-electron chi connectivity index (χ2n) is 3.80. The van der Waals surface area contributed by atoms with Crippen LogP contribution in [0.2, 0.25) is 0 Å². The van der Waals surface area contributed by atoms with Crippen LogP contribution in [-0.2, 0) is 12.1 Å². The Bertz CT molecular complexity index is 310. The molecule has 72 valence electrons. The van der Waals surface area contributed by atoms with E-state index in [4.69, 9.17) is 0 Å². The lowest BCUT2D eigenvalue weighted by molar-refractivity contribution is -0.0994. The van der Waals surface area contributed by atoms with Crippen LogP contribution in [0.25, 0.3) is 0 Å². The van der Waals surface area contributed by atoms with Crippen molar-refractivity contribution in [2.24, 2.45) is 5.92 Å². The molecule has 0 bridgehead atoms. The van der Waals surface area contributed by atoms with Crippen molar-refractivity contribution in [3.63, 3.8) is 0 Å². The maximum Gasteiger partial charge on any atom is 0.110 e. The monoisotopic (exact) mass is 181 g/mol. The normalized spacial score (nSPS) is 33.0. The summed E-state index contributed by atoms with van der Waals surface area (Å²) < 4.78 is 1.77. The van der Waals surface area contributed by atoms with Crippen molar-refractivity contribution in [3.05, 3.63) is 11.9 Å². The number of aryl methyl sites for hydroxylation is 1. The van der Waals surface area contributed by atoms with Gasteiger partial charge in [0.05, 0.1) is 11.9 Å². The van der Waals surface area contributed by atoms with E-state index in [0.717, 1.165) is 25.1 Å². The molecule has 4 nitrogen and oxygen atoms in total. The molecule has 0 amide bonds. The van der Waals surface area contributed by atoms with Crippen molar-refractivity contribution in [1.82, 2.24) is 15.0 Å². The van der Waals surface area contributed by atoms with Gasteiger partial charge < -0.3 is 5.11 Å². The number of nitrogens with zero attached hydrogens (tertiary/aromatic N) is 3. The molecule has 1 saturated carbocycles. The van der Waals surface area contributed by atoms with Crippen LogP contribution in [0, 0.1) is 5.92 Å². The highest BCUT2D eigenvalue weighted by atomic mass is 16.3. The predicted molar refractivity (Wildman–Crippen MR) is 48.0 cm³/mol. The highest BCUT2D eigenvalue weighted by Gasteiger charge is 2.46. The van der Waals surface area contributed by atoms with Crippen LogP contribution in [0.3, 0.4) is 0 Å². The first-order chi connectivity index (χ1) is 6.18. The molecule has 1 heterocycles. The number of aromatic nitrogens is 3. The Labute approximate surface area is 77.6 Å². The first-order valence-electron chi connectivity index (χ1n) is 4.80. The smallest absolute Gasteiger partial charge is 0.110 e. The lowest BCUT2D eigenvalue weighted by atomic mass is 9.69. The molecule has 13 heavy (non-hydrogen) atoms. The third-order valence-electron chi connectivity index (χ3n) is 3.13. The largest absolute Gasteiger partial charge is 0.383 e. The molecule has 0 radical (unpaired) electrons. The number of aliphatic hydroxyl groups is 1. The van der Waals surface area contributed by atoms with Crippen molar-refractivity contribution in [1.29, 1.82) is 0 Å². The van der Waals surface area contributed by atoms with Crippen molar-refractivity contribution < 1.29 is 5.11 Å². The molecule has 1 aliphatic carbocycles. The fraction of sp³-hybridized carbons (Fsp3) is 0.778. The second-order valence-corrected chi connectivity index (χ2v) is 3.80. The van der Waals surface area contributed by atoms with E-state index in [9.17, 15) is 5.11 Å². The maximum absolute atomic E-state index is 10.2. The first kappa shape index (κ1) is 8.69. The molecule has 1 aromatic rings. The fourth-order valence-electron chi connectivity index (χ4n) is 1.91. The summed E-state index contributed by atoms with van der Waals surface area (Å²) in [5, 5.41) is 18.0. The molecule has 0 saturated heterocycles. The molecule has 1 aliphatic rings. The number of rotatable bonds is 2. The predicted octanol–water partition coefficient (Wildman–Crippen LogP) is 0.915. The average Bonchev–Trinajstić information content (AvgIpc) is 2.62. The molecule has 0 aliphatic heterocycles. The topological polar surface area (TPSA) is 50.9 Å². The SMILES string of the molecule is CCn1nncc1C1(O)CCC1C. The summed E-state index contributed by atoms with van der Waals surface area (Å²) in [6, 6.07) is 0. The highest BCUT2D eigenvalue weighted by Crippen LogP contribution is 2.45. The van der Waals surface area contributed by atoms with E-state index in [1.807, 2.05) is 6.92 Å². The standard InChI is InChI=1S/C9H15N3O/c1-3-12-8(6-10-11-12)9(13)5-4-7(9)2/h6-7,13H,3-5H2,1-2H3. The van der Waals surface area contributed by atoms with E-state index < -0.39 is 5.60 Å². The van der Waals surface area contributed by atoms with Gasteiger partial charge in [-0.2, -0.15) is 0 Å². The zero-order valence-corrected chi connectivity index (χ0v) is 8.06. The Balaban J connectivity index is 2.34. The fourth-order valence-corrected chi connectivity index (χ4v) is 1.91. The molecular formula is C9H15N3O. The van der Waals surface area contributed by atoms with Crippen molar-refractivity contribution in [3.8, 4) is 0 Å². The molecule has 2 rings (SSSR count). The van der Waals surface area contributed by atoms with Gasteiger partial charge in [0.2, 0.25) is 0 Å². The molecule has 0 aromatic carbocycles. The van der Waals surface area contributed by atoms with Crippen LogP contribution in [0.15, 0.2) is 6.20 Å². The first-order valence-corrected chi connectivity index (χ1v) is 4.80. The van der Waals surface area contributed by atoms with Gasteiger partial charge >= 0.3 is 0 Å². The Hall–Kier alpha value is -0.900. The Morgan fingerprint density at radius 1 is 1.77 bits per heavy atom. The number of hydrogen-bond donors (Lipinski definition) is 1. The van der Waals surface area contributed by atoms with E-state index in [1.165, 1.54) is 0 Å². The molecule has 2 unspecified atom stereocenters. The quantitative estimate of drug-likeness (QED) is 0.738. The molecule has 2 atom stereocenters. The molecule has 1 N–H and O–H groups in total. The summed E-state index contributed by atoms with van der Waals surface area (Å²) in [7, 11) is 0. The van der Waals surface area contributed by atoms with Crippen molar-refractivity contribution in [2.45, 2.75) is 38.8 Å². The average molecular weight is 181 g/mol. The minimum atomic E-state index is -0.667. The van der Waals surface area contributed by atoms with Gasteiger partial charge in [-0.05, 0) is 25.7 Å². The minimum Gasteiger partial charge on any atom is -0.383 e. The molecular weight excluding hydrogens is 166 g/mol. The van der Waals surface area contributed by atoms with Crippen LogP contribution < -0.4 is 0 Å². The summed E-state index contributed by atoms with van der Waals surface area (Å²) in [6.45, 7) is 4.84. The summed E-state index contributed by atoms with van der Waals surface area (Å²) in [5.74, 6) is 0.330. The van der Waals surface area contributed by atoms with E-state index in [0.29, 0.717) is 5.92 Å². The summed E-state index contributed by atoms with van der Waals surface area (Å²) >= 11 is 0. The van der Waals surface area contributed by atoms with Crippen LogP contribution in [-0.4, -0.2) is 20.1 Å². The van der Waals surface area contributed by atoms with E-state index in [1.54, 1.807) is 10.9 Å². The number of hydrogen-bond acceptors (Lipinski definition) is 3. The van der Waals surface area contributed by atoms with Gasteiger partial charge in [0.15, 0.2) is 0 Å². The summed E-state index contributed by atoms with van der Waals surface area (Å²) in [6.07, 6.45) is 3.60. The van der Waals surface area contributed by atoms with Gasteiger partial charge in [-0.3, -0.25) is 0 Å². The molecule has 4 heteroatoms. The summed E-state index contributed by atoms with van der Waals surface area (Å²) in [4.78, 5) is 0. The third kappa shape index (κ3) is 1.09. The lowest BCUT2D eigenvalue weighted by Gasteiger charge is -2.43. The molecule has 0 spiro atoms. The van der Waals surface area contributed by atoms with Gasteiger partial charge in [-0.15, -0.1) is 5.10 Å². The molecule has 1 fully saturated rings. The van der Waals surface area contributed by atoms with Gasteiger partial charge in [0, 0.05) is 6.54 Å². The Kier molecular flexibility index (Phi) is 1.87. The van der Waals surface area contributed by atoms with E-state index in [2.05, 4.69) is 17.2 Å². The maximum atomic E-state index is 10.2. The lowest BCUT2D eigenvalue weighted by Crippen LogP contribution is -2.44. The van der Waals surface area contributed by atoms with Gasteiger partial charge in [-0.1, -0.05) is 12.1 Å². The van der Waals surface area contributed by atoms with E-state index in [-0.39, 0.29) is 0 Å². The third-order valence-corrected chi connectivity index (χ3v) is 3.13. The van der Waals surface area contributed by atoms with Crippen LogP contribution in [0.5, 0.6) is 0 Å². The second kappa shape index (κ2) is 2.80. The van der Waals surface area contributed by atoms with Crippen molar-refractivity contribution >= 4 is 0 Å².